The highest BCUT2D eigenvalue weighted by Gasteiger charge is 2.35. The van der Waals surface area contributed by atoms with Gasteiger partial charge in [0, 0.05) is 22.2 Å². The molecule has 1 aliphatic heterocycles. The summed E-state index contributed by atoms with van der Waals surface area (Å²) in [5.41, 5.74) is 0.300. The van der Waals surface area contributed by atoms with Gasteiger partial charge in [-0.3, -0.25) is 14.4 Å². The number of likely N-dealkylation sites (tertiary alicyclic amines) is 1. The average molecular weight is 359 g/mol. The lowest BCUT2D eigenvalue weighted by atomic mass is 10.1. The minimum Gasteiger partial charge on any atom is -0.480 e. The zero-order chi connectivity index (χ0) is 17.1. The normalized spacial score (nSPS) is 18.6. The molecule has 0 spiro atoms. The summed E-state index contributed by atoms with van der Waals surface area (Å²) in [6.45, 7) is 1.79. The summed E-state index contributed by atoms with van der Waals surface area (Å²) in [6, 6.07) is 2.79. The molecule has 0 aromatic heterocycles. The molecule has 124 valence electrons. The first-order valence-electron chi connectivity index (χ1n) is 7.10. The largest absolute Gasteiger partial charge is 0.480 e. The van der Waals surface area contributed by atoms with Crippen LogP contribution in [-0.4, -0.2) is 46.4 Å². The number of carboxylic acids is 1. The number of hydrogen-bond donors (Lipinski definition) is 2. The lowest BCUT2D eigenvalue weighted by molar-refractivity contribution is -0.141. The molecule has 2 rings (SSSR count). The SMILES string of the molecule is C[C@H](NC(=O)C1CCCN1C(=O)c1cc(Cl)cc(Cl)c1)C(=O)O. The molecule has 8 heteroatoms. The summed E-state index contributed by atoms with van der Waals surface area (Å²) in [6.07, 6.45) is 1.15. The van der Waals surface area contributed by atoms with Crippen LogP contribution < -0.4 is 5.32 Å². The van der Waals surface area contributed by atoms with Gasteiger partial charge in [-0.15, -0.1) is 0 Å². The number of aliphatic carboxylic acids is 1. The number of nitrogens with zero attached hydrogens (tertiary/aromatic N) is 1. The number of carbonyl (C=O) groups is 3. The first-order valence-corrected chi connectivity index (χ1v) is 7.85. The van der Waals surface area contributed by atoms with Crippen molar-refractivity contribution in [1.29, 1.82) is 0 Å². The molecule has 2 N–H and O–H groups in total. The molecular formula is C15H16Cl2N2O4. The van der Waals surface area contributed by atoms with Gasteiger partial charge in [0.25, 0.3) is 5.91 Å². The summed E-state index contributed by atoms with van der Waals surface area (Å²) < 4.78 is 0. The number of rotatable bonds is 4. The molecule has 0 aliphatic carbocycles. The van der Waals surface area contributed by atoms with E-state index in [-0.39, 0.29) is 5.91 Å². The van der Waals surface area contributed by atoms with Crippen molar-refractivity contribution < 1.29 is 19.5 Å². The number of carbonyl (C=O) groups excluding carboxylic acids is 2. The Morgan fingerprint density at radius 1 is 1.26 bits per heavy atom. The van der Waals surface area contributed by atoms with Crippen LogP contribution in [0, 0.1) is 0 Å². The van der Waals surface area contributed by atoms with E-state index in [9.17, 15) is 14.4 Å². The summed E-state index contributed by atoms with van der Waals surface area (Å²) in [4.78, 5) is 37.1. The van der Waals surface area contributed by atoms with Gasteiger partial charge >= 0.3 is 5.97 Å². The molecule has 1 heterocycles. The van der Waals surface area contributed by atoms with Crippen LogP contribution >= 0.6 is 23.2 Å². The molecular weight excluding hydrogens is 343 g/mol. The maximum atomic E-state index is 12.6. The van der Waals surface area contributed by atoms with Crippen LogP contribution in [0.1, 0.15) is 30.1 Å². The molecule has 0 bridgehead atoms. The molecule has 2 amide bonds. The van der Waals surface area contributed by atoms with E-state index in [4.69, 9.17) is 28.3 Å². The predicted molar refractivity (Wildman–Crippen MR) is 85.8 cm³/mol. The van der Waals surface area contributed by atoms with Gasteiger partial charge in [0.1, 0.15) is 12.1 Å². The van der Waals surface area contributed by atoms with Gasteiger partial charge < -0.3 is 15.3 Å². The van der Waals surface area contributed by atoms with Crippen LogP contribution in [0.15, 0.2) is 18.2 Å². The van der Waals surface area contributed by atoms with Crippen molar-refractivity contribution in [2.75, 3.05) is 6.54 Å². The van der Waals surface area contributed by atoms with Crippen LogP contribution in [0.5, 0.6) is 0 Å². The molecule has 1 aromatic rings. The Kier molecular flexibility index (Phi) is 5.49. The minimum absolute atomic E-state index is 0.300. The van der Waals surface area contributed by atoms with E-state index in [0.29, 0.717) is 35.0 Å². The van der Waals surface area contributed by atoms with Crippen LogP contribution in [-0.2, 0) is 9.59 Å². The van der Waals surface area contributed by atoms with E-state index >= 15 is 0 Å². The Hall–Kier alpha value is -1.79. The highest BCUT2D eigenvalue weighted by molar-refractivity contribution is 6.35. The van der Waals surface area contributed by atoms with E-state index in [1.165, 1.54) is 30.0 Å². The zero-order valence-electron chi connectivity index (χ0n) is 12.4. The van der Waals surface area contributed by atoms with E-state index in [1.807, 2.05) is 0 Å². The molecule has 1 fully saturated rings. The van der Waals surface area contributed by atoms with Crippen LogP contribution in [0.25, 0.3) is 0 Å². The lowest BCUT2D eigenvalue weighted by Gasteiger charge is -2.25. The fourth-order valence-electron chi connectivity index (χ4n) is 2.50. The number of carboxylic acid groups (broad SMARTS) is 1. The van der Waals surface area contributed by atoms with Gasteiger partial charge in [-0.05, 0) is 38.0 Å². The van der Waals surface area contributed by atoms with Crippen LogP contribution in [0.3, 0.4) is 0 Å². The van der Waals surface area contributed by atoms with Gasteiger partial charge in [0.2, 0.25) is 5.91 Å². The third-order valence-corrected chi connectivity index (χ3v) is 4.09. The van der Waals surface area contributed by atoms with Crippen molar-refractivity contribution in [2.24, 2.45) is 0 Å². The second-order valence-corrected chi connectivity index (χ2v) is 6.26. The highest BCUT2D eigenvalue weighted by atomic mass is 35.5. The molecule has 1 aromatic carbocycles. The summed E-state index contributed by atoms with van der Waals surface area (Å²) in [7, 11) is 0. The summed E-state index contributed by atoms with van der Waals surface area (Å²) in [5, 5.41) is 11.9. The van der Waals surface area contributed by atoms with Gasteiger partial charge in [-0.25, -0.2) is 0 Å². The smallest absolute Gasteiger partial charge is 0.325 e. The molecule has 23 heavy (non-hydrogen) atoms. The van der Waals surface area contributed by atoms with E-state index in [0.717, 1.165) is 0 Å². The van der Waals surface area contributed by atoms with Gasteiger partial charge in [-0.2, -0.15) is 0 Å². The average Bonchev–Trinajstić information content (AvgIpc) is 2.94. The van der Waals surface area contributed by atoms with E-state index < -0.39 is 24.0 Å². The first kappa shape index (κ1) is 17.6. The third kappa shape index (κ3) is 4.14. The van der Waals surface area contributed by atoms with E-state index in [1.54, 1.807) is 0 Å². The fraction of sp³-hybridized carbons (Fsp3) is 0.400. The second kappa shape index (κ2) is 7.19. The number of amides is 2. The second-order valence-electron chi connectivity index (χ2n) is 5.38. The quantitative estimate of drug-likeness (QED) is 0.863. The van der Waals surface area contributed by atoms with Crippen molar-refractivity contribution in [2.45, 2.75) is 31.8 Å². The maximum absolute atomic E-state index is 12.6. The standard InChI is InChI=1S/C15H16Cl2N2O4/c1-8(15(22)23)18-13(20)12-3-2-4-19(12)14(21)9-5-10(16)7-11(17)6-9/h5-8,12H,2-4H2,1H3,(H,18,20)(H,22,23)/t8-,12?/m0/s1. The highest BCUT2D eigenvalue weighted by Crippen LogP contribution is 2.24. The van der Waals surface area contributed by atoms with Gasteiger partial charge in [0.05, 0.1) is 0 Å². The van der Waals surface area contributed by atoms with Crippen molar-refractivity contribution in [1.82, 2.24) is 10.2 Å². The number of hydrogen-bond acceptors (Lipinski definition) is 3. The van der Waals surface area contributed by atoms with Crippen molar-refractivity contribution in [3.8, 4) is 0 Å². The molecule has 6 nitrogen and oxygen atoms in total. The summed E-state index contributed by atoms with van der Waals surface area (Å²) >= 11 is 11.8. The van der Waals surface area contributed by atoms with Crippen LogP contribution in [0.2, 0.25) is 10.0 Å². The van der Waals surface area contributed by atoms with Crippen molar-refractivity contribution in [3.63, 3.8) is 0 Å². The Morgan fingerprint density at radius 3 is 2.43 bits per heavy atom. The minimum atomic E-state index is -1.13. The lowest BCUT2D eigenvalue weighted by Crippen LogP contribution is -2.50. The molecule has 1 saturated heterocycles. The molecule has 0 radical (unpaired) electrons. The first-order chi connectivity index (χ1) is 10.8. The van der Waals surface area contributed by atoms with E-state index in [2.05, 4.69) is 5.32 Å². The summed E-state index contributed by atoms with van der Waals surface area (Å²) in [5.74, 6) is -1.95. The Morgan fingerprint density at radius 2 is 1.87 bits per heavy atom. The molecule has 1 aliphatic rings. The third-order valence-electron chi connectivity index (χ3n) is 3.66. The predicted octanol–water partition coefficient (Wildman–Crippen LogP) is 2.19. The number of nitrogens with one attached hydrogen (secondary N) is 1. The van der Waals surface area contributed by atoms with Gasteiger partial charge in [-0.1, -0.05) is 23.2 Å². The Labute approximate surface area is 143 Å². The molecule has 0 saturated carbocycles. The monoisotopic (exact) mass is 358 g/mol. The number of halogens is 2. The zero-order valence-corrected chi connectivity index (χ0v) is 13.9. The van der Waals surface area contributed by atoms with Gasteiger partial charge in [0.15, 0.2) is 0 Å². The molecule has 1 unspecified atom stereocenters. The Balaban J connectivity index is 2.16. The Bertz CT molecular complexity index is 630. The topological polar surface area (TPSA) is 86.7 Å². The maximum Gasteiger partial charge on any atom is 0.325 e. The number of benzene rings is 1. The van der Waals surface area contributed by atoms with Crippen molar-refractivity contribution >= 4 is 41.0 Å². The van der Waals surface area contributed by atoms with Crippen molar-refractivity contribution in [3.05, 3.63) is 33.8 Å². The molecule has 2 atom stereocenters. The fourth-order valence-corrected chi connectivity index (χ4v) is 3.02. The van der Waals surface area contributed by atoms with Crippen LogP contribution in [0.4, 0.5) is 0 Å².